The van der Waals surface area contributed by atoms with E-state index in [1.165, 1.54) is 0 Å². The lowest BCUT2D eigenvalue weighted by atomic mass is 10.00. The van der Waals surface area contributed by atoms with Crippen molar-refractivity contribution in [3.8, 4) is 0 Å². The lowest BCUT2D eigenvalue weighted by molar-refractivity contribution is -0.140. The first-order valence-electron chi connectivity index (χ1n) is 5.42. The van der Waals surface area contributed by atoms with Gasteiger partial charge in [-0.3, -0.25) is 19.3 Å². The van der Waals surface area contributed by atoms with Gasteiger partial charge in [0.15, 0.2) is 0 Å². The van der Waals surface area contributed by atoms with Gasteiger partial charge >= 0.3 is 0 Å². The van der Waals surface area contributed by atoms with Crippen molar-refractivity contribution in [1.29, 1.82) is 0 Å². The minimum atomic E-state index is -0.966. The first-order valence-corrected chi connectivity index (χ1v) is 5.42. The Morgan fingerprint density at radius 3 is 2.25 bits per heavy atom. The summed E-state index contributed by atoms with van der Waals surface area (Å²) in [6.07, 6.45) is 2.44. The molecule has 6 heteroatoms. The van der Waals surface area contributed by atoms with Crippen molar-refractivity contribution >= 4 is 17.7 Å². The van der Waals surface area contributed by atoms with E-state index >= 15 is 0 Å². The molecular weight excluding hydrogens is 210 g/mol. The van der Waals surface area contributed by atoms with Crippen LogP contribution in [0, 0.1) is 11.8 Å². The molecule has 88 valence electrons. The van der Waals surface area contributed by atoms with Gasteiger partial charge in [-0.2, -0.15) is 0 Å². The molecule has 1 heterocycles. The number of fused-ring (bicyclic) bond motifs is 1. The number of nitrogens with zero attached hydrogens (tertiary/aromatic N) is 1. The Labute approximate surface area is 92.9 Å². The maximum Gasteiger partial charge on any atom is 0.236 e. The molecule has 1 saturated carbocycles. The molecular formula is C10H15N3O3. The maximum absolute atomic E-state index is 11.9. The molecule has 0 aromatic carbocycles. The standard InChI is InChI=1S/C10H15N3O3/c11-7(8(12)14)4-13-9(15)5-2-1-3-6(5)10(13)16/h5-7H,1-4,11H2,(H2,12,14). The predicted molar refractivity (Wildman–Crippen MR) is 54.7 cm³/mol. The van der Waals surface area contributed by atoms with E-state index in [1.807, 2.05) is 0 Å². The molecule has 0 spiro atoms. The largest absolute Gasteiger partial charge is 0.368 e. The van der Waals surface area contributed by atoms with Crippen molar-refractivity contribution < 1.29 is 14.4 Å². The fourth-order valence-corrected chi connectivity index (χ4v) is 2.53. The summed E-state index contributed by atoms with van der Waals surface area (Å²) >= 11 is 0. The van der Waals surface area contributed by atoms with Crippen LogP contribution in [0.15, 0.2) is 0 Å². The predicted octanol–water partition coefficient (Wildman–Crippen LogP) is -1.42. The summed E-state index contributed by atoms with van der Waals surface area (Å²) in [6.45, 7) is -0.0833. The van der Waals surface area contributed by atoms with Crippen molar-refractivity contribution in [1.82, 2.24) is 4.90 Å². The zero-order valence-electron chi connectivity index (χ0n) is 8.89. The zero-order valence-corrected chi connectivity index (χ0v) is 8.89. The molecule has 1 aliphatic carbocycles. The normalized spacial score (nSPS) is 30.7. The van der Waals surface area contributed by atoms with Crippen molar-refractivity contribution in [2.75, 3.05) is 6.54 Å². The number of hydrogen-bond donors (Lipinski definition) is 2. The van der Waals surface area contributed by atoms with E-state index in [0.717, 1.165) is 24.2 Å². The Morgan fingerprint density at radius 1 is 1.31 bits per heavy atom. The molecule has 3 amide bonds. The summed E-state index contributed by atoms with van der Waals surface area (Å²) < 4.78 is 0. The Bertz CT molecular complexity index is 333. The highest BCUT2D eigenvalue weighted by molar-refractivity contribution is 6.05. The van der Waals surface area contributed by atoms with Crippen molar-refractivity contribution in [2.24, 2.45) is 23.3 Å². The number of imide groups is 1. The van der Waals surface area contributed by atoms with Crippen molar-refractivity contribution in [2.45, 2.75) is 25.3 Å². The summed E-state index contributed by atoms with van der Waals surface area (Å²) in [5.41, 5.74) is 10.5. The maximum atomic E-state index is 11.9. The summed E-state index contributed by atoms with van der Waals surface area (Å²) in [5, 5.41) is 0. The Morgan fingerprint density at radius 2 is 1.81 bits per heavy atom. The van der Waals surface area contributed by atoms with E-state index in [-0.39, 0.29) is 30.2 Å². The molecule has 1 aliphatic heterocycles. The number of nitrogens with two attached hydrogens (primary N) is 2. The molecule has 3 unspecified atom stereocenters. The number of primary amides is 1. The van der Waals surface area contributed by atoms with Gasteiger partial charge in [0.1, 0.15) is 6.04 Å². The summed E-state index contributed by atoms with van der Waals surface area (Å²) in [6, 6.07) is -0.966. The van der Waals surface area contributed by atoms with Crippen LogP contribution < -0.4 is 11.5 Å². The molecule has 0 bridgehead atoms. The summed E-state index contributed by atoms with van der Waals surface area (Å²) in [7, 11) is 0. The van der Waals surface area contributed by atoms with Gasteiger partial charge in [0.2, 0.25) is 17.7 Å². The number of amides is 3. The monoisotopic (exact) mass is 225 g/mol. The van der Waals surface area contributed by atoms with E-state index in [1.54, 1.807) is 0 Å². The molecule has 0 radical (unpaired) electrons. The Balaban J connectivity index is 2.09. The van der Waals surface area contributed by atoms with Crippen LogP contribution in [0.2, 0.25) is 0 Å². The van der Waals surface area contributed by atoms with Crippen LogP contribution in [0.4, 0.5) is 0 Å². The van der Waals surface area contributed by atoms with E-state index in [4.69, 9.17) is 11.5 Å². The number of rotatable bonds is 3. The highest BCUT2D eigenvalue weighted by Gasteiger charge is 2.49. The molecule has 16 heavy (non-hydrogen) atoms. The van der Waals surface area contributed by atoms with Crippen LogP contribution in [0.25, 0.3) is 0 Å². The molecule has 0 aromatic rings. The third kappa shape index (κ3) is 1.59. The molecule has 1 saturated heterocycles. The third-order valence-electron chi connectivity index (χ3n) is 3.43. The molecule has 0 aromatic heterocycles. The highest BCUT2D eigenvalue weighted by Crippen LogP contribution is 2.39. The number of carbonyl (C=O) groups excluding carboxylic acids is 3. The Kier molecular flexibility index (Phi) is 2.67. The van der Waals surface area contributed by atoms with Crippen LogP contribution in [0.1, 0.15) is 19.3 Å². The lowest BCUT2D eigenvalue weighted by Crippen LogP contribution is -2.48. The van der Waals surface area contributed by atoms with Crippen LogP contribution >= 0.6 is 0 Å². The summed E-state index contributed by atoms with van der Waals surface area (Å²) in [5.74, 6) is -1.45. The average Bonchev–Trinajstić information content (AvgIpc) is 2.78. The molecule has 2 rings (SSSR count). The molecule has 6 nitrogen and oxygen atoms in total. The van der Waals surface area contributed by atoms with Crippen LogP contribution in [-0.4, -0.2) is 35.2 Å². The van der Waals surface area contributed by atoms with Crippen molar-refractivity contribution in [3.63, 3.8) is 0 Å². The lowest BCUT2D eigenvalue weighted by Gasteiger charge is -2.18. The van der Waals surface area contributed by atoms with Gasteiger partial charge in [-0.15, -0.1) is 0 Å². The van der Waals surface area contributed by atoms with Crippen molar-refractivity contribution in [3.05, 3.63) is 0 Å². The smallest absolute Gasteiger partial charge is 0.236 e. The van der Waals surface area contributed by atoms with Gasteiger partial charge in [-0.25, -0.2) is 0 Å². The highest BCUT2D eigenvalue weighted by atomic mass is 16.2. The third-order valence-corrected chi connectivity index (χ3v) is 3.43. The van der Waals surface area contributed by atoms with Gasteiger partial charge in [-0.1, -0.05) is 6.42 Å². The number of carbonyl (C=O) groups is 3. The summed E-state index contributed by atoms with van der Waals surface area (Å²) in [4.78, 5) is 35.6. The molecule has 3 atom stereocenters. The number of likely N-dealkylation sites (tertiary alicyclic amines) is 1. The minimum absolute atomic E-state index is 0.0833. The first kappa shape index (κ1) is 11.1. The minimum Gasteiger partial charge on any atom is -0.368 e. The fraction of sp³-hybridized carbons (Fsp3) is 0.700. The van der Waals surface area contributed by atoms with E-state index in [2.05, 4.69) is 0 Å². The van der Waals surface area contributed by atoms with Crippen LogP contribution in [0.3, 0.4) is 0 Å². The molecule has 4 N–H and O–H groups in total. The van der Waals surface area contributed by atoms with E-state index in [9.17, 15) is 14.4 Å². The fourth-order valence-electron chi connectivity index (χ4n) is 2.53. The second-order valence-corrected chi connectivity index (χ2v) is 4.44. The van der Waals surface area contributed by atoms with Gasteiger partial charge < -0.3 is 11.5 Å². The van der Waals surface area contributed by atoms with Gasteiger partial charge in [-0.05, 0) is 12.8 Å². The topological polar surface area (TPSA) is 106 Å². The van der Waals surface area contributed by atoms with Gasteiger partial charge in [0.05, 0.1) is 18.4 Å². The van der Waals surface area contributed by atoms with Crippen LogP contribution in [-0.2, 0) is 14.4 Å². The molecule has 2 aliphatic rings. The second-order valence-electron chi connectivity index (χ2n) is 4.44. The zero-order chi connectivity index (χ0) is 11.9. The van der Waals surface area contributed by atoms with Gasteiger partial charge in [0.25, 0.3) is 0 Å². The Hall–Kier alpha value is -1.43. The van der Waals surface area contributed by atoms with E-state index < -0.39 is 11.9 Å². The van der Waals surface area contributed by atoms with Gasteiger partial charge in [0, 0.05) is 0 Å². The number of hydrogen-bond acceptors (Lipinski definition) is 4. The van der Waals surface area contributed by atoms with Crippen LogP contribution in [0.5, 0.6) is 0 Å². The SMILES string of the molecule is NC(=O)C(N)CN1C(=O)C2CCCC2C1=O. The molecule has 2 fully saturated rings. The average molecular weight is 225 g/mol. The second kappa shape index (κ2) is 3.86. The quantitative estimate of drug-likeness (QED) is 0.575. The first-order chi connectivity index (χ1) is 7.52. The van der Waals surface area contributed by atoms with E-state index in [0.29, 0.717) is 0 Å².